The summed E-state index contributed by atoms with van der Waals surface area (Å²) in [4.78, 5) is 36.9. The summed E-state index contributed by atoms with van der Waals surface area (Å²) in [6.07, 6.45) is 4.03. The number of aromatic nitrogens is 2. The third-order valence-electron chi connectivity index (χ3n) is 5.96. The van der Waals surface area contributed by atoms with Crippen LogP contribution in [0.5, 0.6) is 0 Å². The van der Waals surface area contributed by atoms with Crippen LogP contribution in [0.3, 0.4) is 0 Å². The predicted octanol–water partition coefficient (Wildman–Crippen LogP) is 2.76. The maximum absolute atomic E-state index is 13.5. The highest BCUT2D eigenvalue weighted by Crippen LogP contribution is 2.33. The van der Waals surface area contributed by atoms with Crippen LogP contribution in [-0.4, -0.2) is 56.6 Å². The van der Waals surface area contributed by atoms with Gasteiger partial charge in [0, 0.05) is 31.0 Å². The zero-order chi connectivity index (χ0) is 23.3. The minimum atomic E-state index is -0.957. The first-order valence-corrected chi connectivity index (χ1v) is 10.8. The van der Waals surface area contributed by atoms with E-state index in [-0.39, 0.29) is 24.3 Å². The summed E-state index contributed by atoms with van der Waals surface area (Å²) in [6.45, 7) is 0.469. The van der Waals surface area contributed by atoms with Crippen LogP contribution < -0.4 is 4.90 Å². The van der Waals surface area contributed by atoms with Gasteiger partial charge in [0.25, 0.3) is 0 Å². The lowest BCUT2D eigenvalue weighted by Gasteiger charge is -2.40. The highest BCUT2D eigenvalue weighted by molar-refractivity contribution is 5.97. The zero-order valence-corrected chi connectivity index (χ0v) is 18.2. The second-order valence-electron chi connectivity index (χ2n) is 8.08. The summed E-state index contributed by atoms with van der Waals surface area (Å²) in [5.41, 5.74) is 1.11. The van der Waals surface area contributed by atoms with Crippen LogP contribution in [-0.2, 0) is 12.1 Å². The van der Waals surface area contributed by atoms with Crippen molar-refractivity contribution in [3.05, 3.63) is 89.7 Å². The molecule has 33 heavy (non-hydrogen) atoms. The molecule has 1 saturated heterocycles. The molecule has 2 amide bonds. The predicted molar refractivity (Wildman–Crippen MR) is 123 cm³/mol. The van der Waals surface area contributed by atoms with Crippen molar-refractivity contribution in [2.45, 2.75) is 25.0 Å². The summed E-state index contributed by atoms with van der Waals surface area (Å²) in [7, 11) is 0. The molecule has 8 nitrogen and oxygen atoms in total. The molecular formula is C25H26N4O4. The fourth-order valence-corrected chi connectivity index (χ4v) is 4.00. The zero-order valence-electron chi connectivity index (χ0n) is 18.2. The third-order valence-corrected chi connectivity index (χ3v) is 5.96. The van der Waals surface area contributed by atoms with E-state index in [9.17, 15) is 14.7 Å². The number of aliphatic hydroxyl groups excluding tert-OH is 1. The van der Waals surface area contributed by atoms with Crippen LogP contribution in [0.4, 0.5) is 10.7 Å². The quantitative estimate of drug-likeness (QED) is 0.564. The van der Waals surface area contributed by atoms with Gasteiger partial charge < -0.3 is 15.1 Å². The van der Waals surface area contributed by atoms with Gasteiger partial charge >= 0.3 is 6.03 Å². The minimum Gasteiger partial charge on any atom is -0.388 e. The van der Waals surface area contributed by atoms with Gasteiger partial charge in [-0.2, -0.15) is 0 Å². The smallest absolute Gasteiger partial charge is 0.327 e. The van der Waals surface area contributed by atoms with Crippen LogP contribution in [0.1, 0.15) is 34.3 Å². The number of aliphatic hydroxyl groups is 2. The first kappa shape index (κ1) is 22.6. The molecule has 0 atom stereocenters. The van der Waals surface area contributed by atoms with Gasteiger partial charge in [0.2, 0.25) is 5.95 Å². The summed E-state index contributed by atoms with van der Waals surface area (Å²) in [5, 5.41) is 20.1. The Hall–Kier alpha value is -3.62. The van der Waals surface area contributed by atoms with Gasteiger partial charge in [0.1, 0.15) is 6.61 Å². The van der Waals surface area contributed by atoms with Crippen molar-refractivity contribution in [3.63, 3.8) is 0 Å². The molecule has 4 rings (SSSR count). The van der Waals surface area contributed by atoms with Gasteiger partial charge in [-0.15, -0.1) is 0 Å². The number of carbonyl (C=O) groups is 2. The molecule has 0 spiro atoms. The SMILES string of the molecule is O=C(CO)c1ccc(CN(C(=O)N2CCC(O)(c3ccccc3)CC2)c2ncccn2)cc1. The van der Waals surface area contributed by atoms with E-state index < -0.39 is 12.2 Å². The van der Waals surface area contributed by atoms with Crippen molar-refractivity contribution in [2.75, 3.05) is 24.6 Å². The lowest BCUT2D eigenvalue weighted by molar-refractivity contribution is -0.0162. The maximum atomic E-state index is 13.5. The highest BCUT2D eigenvalue weighted by atomic mass is 16.3. The van der Waals surface area contributed by atoms with E-state index >= 15 is 0 Å². The molecule has 170 valence electrons. The number of rotatable bonds is 6. The molecule has 0 bridgehead atoms. The molecule has 2 heterocycles. The standard InChI is InChI=1S/C25H26N4O4/c30-18-22(31)20-9-7-19(8-10-20)17-29(23-26-13-4-14-27-23)24(32)28-15-11-25(33,12-16-28)21-5-2-1-3-6-21/h1-10,13-14,30,33H,11-12,15-18H2. The number of piperidine rings is 1. The van der Waals surface area contributed by atoms with Crippen molar-refractivity contribution in [1.29, 1.82) is 0 Å². The van der Waals surface area contributed by atoms with Gasteiger partial charge in [-0.05, 0) is 30.0 Å². The van der Waals surface area contributed by atoms with E-state index in [1.165, 1.54) is 4.90 Å². The molecule has 2 aromatic carbocycles. The van der Waals surface area contributed by atoms with Gasteiger partial charge in [0.05, 0.1) is 12.1 Å². The molecular weight excluding hydrogens is 420 g/mol. The molecule has 0 aliphatic carbocycles. The summed E-state index contributed by atoms with van der Waals surface area (Å²) in [6, 6.07) is 17.7. The van der Waals surface area contributed by atoms with E-state index in [4.69, 9.17) is 5.11 Å². The molecule has 1 fully saturated rings. The topological polar surface area (TPSA) is 107 Å². The van der Waals surface area contributed by atoms with E-state index in [0.29, 0.717) is 31.5 Å². The summed E-state index contributed by atoms with van der Waals surface area (Å²) in [5.74, 6) is -0.0815. The monoisotopic (exact) mass is 446 g/mol. The van der Waals surface area contributed by atoms with E-state index in [2.05, 4.69) is 9.97 Å². The van der Waals surface area contributed by atoms with Crippen molar-refractivity contribution < 1.29 is 19.8 Å². The van der Waals surface area contributed by atoms with Crippen LogP contribution in [0.25, 0.3) is 0 Å². The number of carbonyl (C=O) groups excluding carboxylic acids is 2. The second kappa shape index (κ2) is 9.89. The molecule has 0 unspecified atom stereocenters. The van der Waals surface area contributed by atoms with Gasteiger partial charge in [0.15, 0.2) is 5.78 Å². The van der Waals surface area contributed by atoms with E-state index in [1.807, 2.05) is 30.3 Å². The van der Waals surface area contributed by atoms with Crippen molar-refractivity contribution in [1.82, 2.24) is 14.9 Å². The Labute approximate surface area is 192 Å². The Morgan fingerprint density at radius 2 is 1.58 bits per heavy atom. The van der Waals surface area contributed by atoms with Crippen LogP contribution in [0.2, 0.25) is 0 Å². The number of anilines is 1. The molecule has 1 aliphatic rings. The number of hydrogen-bond acceptors (Lipinski definition) is 6. The fraction of sp³-hybridized carbons (Fsp3) is 0.280. The average molecular weight is 447 g/mol. The number of benzene rings is 2. The number of urea groups is 1. The Kier molecular flexibility index (Phi) is 6.76. The van der Waals surface area contributed by atoms with Crippen molar-refractivity contribution in [2.24, 2.45) is 0 Å². The van der Waals surface area contributed by atoms with Crippen LogP contribution >= 0.6 is 0 Å². The summed E-state index contributed by atoms with van der Waals surface area (Å²) >= 11 is 0. The van der Waals surface area contributed by atoms with Gasteiger partial charge in [-0.3, -0.25) is 9.69 Å². The van der Waals surface area contributed by atoms with Crippen molar-refractivity contribution in [3.8, 4) is 0 Å². The number of amides is 2. The normalized spacial score (nSPS) is 15.2. The summed E-state index contributed by atoms with van der Waals surface area (Å²) < 4.78 is 0. The second-order valence-corrected chi connectivity index (χ2v) is 8.08. The van der Waals surface area contributed by atoms with Crippen molar-refractivity contribution >= 4 is 17.8 Å². The number of nitrogens with zero attached hydrogens (tertiary/aromatic N) is 4. The largest absolute Gasteiger partial charge is 0.388 e. The molecule has 1 aromatic heterocycles. The van der Waals surface area contributed by atoms with E-state index in [1.54, 1.807) is 47.6 Å². The first-order valence-electron chi connectivity index (χ1n) is 10.8. The van der Waals surface area contributed by atoms with E-state index in [0.717, 1.165) is 11.1 Å². The number of ketones is 1. The van der Waals surface area contributed by atoms with Crippen LogP contribution in [0.15, 0.2) is 73.1 Å². The van der Waals surface area contributed by atoms with Gasteiger partial charge in [-0.25, -0.2) is 14.8 Å². The lowest BCUT2D eigenvalue weighted by Crippen LogP contribution is -2.50. The number of Topliss-reactive ketones (excluding diaryl/α,β-unsaturated/α-hetero) is 1. The van der Waals surface area contributed by atoms with Crippen LogP contribution in [0, 0.1) is 0 Å². The third kappa shape index (κ3) is 5.08. The Balaban J connectivity index is 1.51. The molecule has 0 radical (unpaired) electrons. The Morgan fingerprint density at radius 1 is 0.939 bits per heavy atom. The van der Waals surface area contributed by atoms with Gasteiger partial charge in [-0.1, -0.05) is 54.6 Å². The molecule has 2 N–H and O–H groups in total. The number of likely N-dealkylation sites (tertiary alicyclic amines) is 1. The molecule has 3 aromatic rings. The first-order chi connectivity index (χ1) is 16.0. The highest BCUT2D eigenvalue weighted by Gasteiger charge is 2.37. The Bertz CT molecular complexity index is 1080. The number of hydrogen-bond donors (Lipinski definition) is 2. The Morgan fingerprint density at radius 3 is 2.18 bits per heavy atom. The minimum absolute atomic E-state index is 0.218. The molecule has 0 saturated carbocycles. The molecule has 1 aliphatic heterocycles. The maximum Gasteiger partial charge on any atom is 0.327 e. The fourth-order valence-electron chi connectivity index (χ4n) is 4.00. The average Bonchev–Trinajstić information content (AvgIpc) is 2.88. The molecule has 8 heteroatoms. The lowest BCUT2D eigenvalue weighted by atomic mass is 9.84.